The topological polar surface area (TPSA) is 139 Å². The zero-order valence-electron chi connectivity index (χ0n) is 28.2. The molecule has 0 saturated carbocycles. The minimum absolute atomic E-state index is 0.0360. The number of benzene rings is 3. The first-order valence-electron chi connectivity index (χ1n) is 15.0. The van der Waals surface area contributed by atoms with E-state index in [0.717, 1.165) is 17.6 Å². The number of esters is 1. The zero-order valence-corrected chi connectivity index (χ0v) is 30.8. The van der Waals surface area contributed by atoms with Crippen LogP contribution >= 0.6 is 11.3 Å². The first-order chi connectivity index (χ1) is 22.4. The molecule has 0 spiro atoms. The van der Waals surface area contributed by atoms with Gasteiger partial charge in [-0.25, -0.2) is 18.2 Å². The Balaban J connectivity index is 1.52. The Morgan fingerprint density at radius 3 is 2.10 bits per heavy atom. The van der Waals surface area contributed by atoms with E-state index in [1.165, 1.54) is 25.4 Å². The lowest BCUT2D eigenvalue weighted by atomic mass is 10.2. The number of rotatable bonds is 13. The molecule has 1 amide bonds. The van der Waals surface area contributed by atoms with Crippen LogP contribution in [0.5, 0.6) is 28.1 Å². The van der Waals surface area contributed by atoms with E-state index in [1.807, 2.05) is 6.92 Å². The van der Waals surface area contributed by atoms with Gasteiger partial charge in [0, 0.05) is 17.9 Å². The van der Waals surface area contributed by atoms with Gasteiger partial charge in [-0.15, -0.1) is 0 Å². The lowest BCUT2D eigenvalue weighted by Gasteiger charge is -2.36. The standard InChI is InChI=1S/C34H40N2O9S2Si/c1-22(21-42-48(7,8)34(2,3)4)43-27-17-24(18-28(19-27)44-25-13-15-29(16-14-25)47(6,39)40)31(37)36-33-35-20-30(46-33)45-26-11-9-23(10-12-26)32(38)41-5/h9-20,22H,21H2,1-8H3,(H,35,36,37)/t22-/m0/s1. The van der Waals surface area contributed by atoms with E-state index >= 15 is 0 Å². The number of nitrogens with zero attached hydrogens (tertiary/aromatic N) is 1. The van der Waals surface area contributed by atoms with E-state index in [0.29, 0.717) is 45.4 Å². The molecule has 1 atom stereocenters. The van der Waals surface area contributed by atoms with Gasteiger partial charge >= 0.3 is 5.97 Å². The summed E-state index contributed by atoms with van der Waals surface area (Å²) in [6.07, 6.45) is 2.28. The van der Waals surface area contributed by atoms with Crippen molar-refractivity contribution in [3.8, 4) is 28.1 Å². The van der Waals surface area contributed by atoms with Gasteiger partial charge in [-0.2, -0.15) is 0 Å². The van der Waals surface area contributed by atoms with E-state index in [2.05, 4.69) is 44.2 Å². The van der Waals surface area contributed by atoms with Crippen LogP contribution in [0.25, 0.3) is 0 Å². The highest BCUT2D eigenvalue weighted by molar-refractivity contribution is 7.90. The van der Waals surface area contributed by atoms with Crippen LogP contribution in [0.2, 0.25) is 18.1 Å². The molecule has 0 aliphatic rings. The summed E-state index contributed by atoms with van der Waals surface area (Å²) >= 11 is 1.12. The maximum Gasteiger partial charge on any atom is 0.337 e. The molecule has 1 N–H and O–H groups in total. The summed E-state index contributed by atoms with van der Waals surface area (Å²) in [5.41, 5.74) is 0.629. The second kappa shape index (κ2) is 14.9. The van der Waals surface area contributed by atoms with Crippen molar-refractivity contribution in [2.24, 2.45) is 0 Å². The molecule has 0 aliphatic heterocycles. The fourth-order valence-electron chi connectivity index (χ4n) is 3.96. The second-order valence-corrected chi connectivity index (χ2v) is 20.4. The molecular formula is C34H40N2O9S2Si. The summed E-state index contributed by atoms with van der Waals surface area (Å²) in [5, 5.41) is 3.54. The number of amides is 1. The highest BCUT2D eigenvalue weighted by Crippen LogP contribution is 2.37. The van der Waals surface area contributed by atoms with Crippen LogP contribution < -0.4 is 19.5 Å². The summed E-state index contributed by atoms with van der Waals surface area (Å²) in [6, 6.07) is 17.2. The number of thiazole rings is 1. The molecular weight excluding hydrogens is 673 g/mol. The summed E-state index contributed by atoms with van der Waals surface area (Å²) in [4.78, 5) is 29.6. The average molecular weight is 713 g/mol. The quantitative estimate of drug-likeness (QED) is 0.107. The predicted octanol–water partition coefficient (Wildman–Crippen LogP) is 7.96. The molecule has 0 aliphatic carbocycles. The van der Waals surface area contributed by atoms with E-state index in [-0.39, 0.29) is 21.6 Å². The first kappa shape index (κ1) is 36.6. The maximum atomic E-state index is 13.5. The van der Waals surface area contributed by atoms with Crippen molar-refractivity contribution in [2.45, 2.75) is 56.8 Å². The lowest BCUT2D eigenvalue weighted by Crippen LogP contribution is -2.43. The summed E-state index contributed by atoms with van der Waals surface area (Å²) < 4.78 is 52.9. The van der Waals surface area contributed by atoms with Crippen LogP contribution in [0.15, 0.2) is 77.8 Å². The Morgan fingerprint density at radius 2 is 1.50 bits per heavy atom. The Labute approximate surface area is 286 Å². The van der Waals surface area contributed by atoms with Crippen molar-refractivity contribution in [2.75, 3.05) is 25.3 Å². The van der Waals surface area contributed by atoms with Crippen LogP contribution in [0.3, 0.4) is 0 Å². The number of methoxy groups -OCH3 is 1. The largest absolute Gasteiger partial charge is 0.488 e. The number of hydrogen-bond donors (Lipinski definition) is 1. The number of hydrogen-bond acceptors (Lipinski definition) is 11. The molecule has 3 aromatic carbocycles. The Hall–Kier alpha value is -4.24. The number of ether oxygens (including phenoxy) is 4. The van der Waals surface area contributed by atoms with Gasteiger partial charge < -0.3 is 23.4 Å². The van der Waals surface area contributed by atoms with E-state index in [4.69, 9.17) is 23.4 Å². The molecule has 256 valence electrons. The second-order valence-electron chi connectivity index (χ2n) is 12.6. The third-order valence-corrected chi connectivity index (χ3v) is 14.1. The number of nitrogens with one attached hydrogen (secondary N) is 1. The first-order valence-corrected chi connectivity index (χ1v) is 20.6. The SMILES string of the molecule is COC(=O)c1ccc(Oc2cnc(NC(=O)c3cc(Oc4ccc(S(C)(=O)=O)cc4)cc(O[C@@H](C)CO[Si](C)(C)C(C)(C)C)c3)s2)cc1. The van der Waals surface area contributed by atoms with Crippen LogP contribution in [0.1, 0.15) is 48.4 Å². The molecule has 1 heterocycles. The summed E-state index contributed by atoms with van der Waals surface area (Å²) in [5.74, 6) is 0.627. The Bertz CT molecular complexity index is 1850. The van der Waals surface area contributed by atoms with Crippen molar-refractivity contribution in [1.82, 2.24) is 4.98 Å². The molecule has 4 aromatic rings. The molecule has 0 saturated heterocycles. The van der Waals surface area contributed by atoms with Gasteiger partial charge in [0.1, 0.15) is 29.1 Å². The predicted molar refractivity (Wildman–Crippen MR) is 187 cm³/mol. The van der Waals surface area contributed by atoms with Crippen LogP contribution in [0.4, 0.5) is 5.13 Å². The normalized spacial score (nSPS) is 12.6. The van der Waals surface area contributed by atoms with Gasteiger partial charge in [-0.3, -0.25) is 10.1 Å². The molecule has 48 heavy (non-hydrogen) atoms. The monoisotopic (exact) mass is 712 g/mol. The maximum absolute atomic E-state index is 13.5. The van der Waals surface area contributed by atoms with Gasteiger partial charge in [-0.1, -0.05) is 32.1 Å². The third kappa shape index (κ3) is 9.89. The van der Waals surface area contributed by atoms with E-state index in [1.54, 1.807) is 54.6 Å². The van der Waals surface area contributed by atoms with Gasteiger partial charge in [0.25, 0.3) is 5.91 Å². The van der Waals surface area contributed by atoms with Crippen molar-refractivity contribution in [1.29, 1.82) is 0 Å². The summed E-state index contributed by atoms with van der Waals surface area (Å²) in [7, 11) is -4.08. The van der Waals surface area contributed by atoms with Crippen molar-refractivity contribution >= 4 is 46.5 Å². The van der Waals surface area contributed by atoms with Crippen molar-refractivity contribution < 1.29 is 41.4 Å². The fraction of sp³-hybridized carbons (Fsp3) is 0.324. The minimum atomic E-state index is -3.38. The van der Waals surface area contributed by atoms with Crippen molar-refractivity contribution in [3.63, 3.8) is 0 Å². The third-order valence-electron chi connectivity index (χ3n) is 7.65. The highest BCUT2D eigenvalue weighted by atomic mass is 32.2. The fourth-order valence-corrected chi connectivity index (χ4v) is 6.35. The smallest absolute Gasteiger partial charge is 0.337 e. The Morgan fingerprint density at radius 1 is 0.896 bits per heavy atom. The van der Waals surface area contributed by atoms with Gasteiger partial charge in [-0.05, 0) is 85.7 Å². The molecule has 0 radical (unpaired) electrons. The Kier molecular flexibility index (Phi) is 11.4. The molecule has 0 bridgehead atoms. The van der Waals surface area contributed by atoms with Crippen LogP contribution in [-0.4, -0.2) is 59.7 Å². The van der Waals surface area contributed by atoms with Gasteiger partial charge in [0.2, 0.25) is 5.06 Å². The molecule has 4 rings (SSSR count). The lowest BCUT2D eigenvalue weighted by molar-refractivity contribution is 0.0600. The van der Waals surface area contributed by atoms with E-state index in [9.17, 15) is 18.0 Å². The molecule has 11 nitrogen and oxygen atoms in total. The van der Waals surface area contributed by atoms with Gasteiger partial charge in [0.15, 0.2) is 23.3 Å². The number of carbonyl (C=O) groups is 2. The van der Waals surface area contributed by atoms with E-state index < -0.39 is 30.0 Å². The molecule has 0 fully saturated rings. The highest BCUT2D eigenvalue weighted by Gasteiger charge is 2.37. The number of aromatic nitrogens is 1. The summed E-state index contributed by atoms with van der Waals surface area (Å²) in [6.45, 7) is 13.1. The van der Waals surface area contributed by atoms with Crippen LogP contribution in [0, 0.1) is 0 Å². The van der Waals surface area contributed by atoms with Gasteiger partial charge in [0.05, 0.1) is 30.4 Å². The molecule has 1 aromatic heterocycles. The van der Waals surface area contributed by atoms with Crippen LogP contribution in [-0.2, 0) is 19.0 Å². The van der Waals surface area contributed by atoms with Crippen molar-refractivity contribution in [3.05, 3.63) is 84.1 Å². The zero-order chi connectivity index (χ0) is 35.3. The number of sulfone groups is 1. The molecule has 0 unspecified atom stereocenters. The molecule has 14 heteroatoms. The number of anilines is 1. The average Bonchev–Trinajstić information content (AvgIpc) is 3.45. The number of carbonyl (C=O) groups excluding carboxylic acids is 2. The minimum Gasteiger partial charge on any atom is -0.488 e.